The van der Waals surface area contributed by atoms with Crippen molar-refractivity contribution in [1.29, 1.82) is 0 Å². The highest BCUT2D eigenvalue weighted by molar-refractivity contribution is 5.76. The lowest BCUT2D eigenvalue weighted by molar-refractivity contribution is 0.130. The summed E-state index contributed by atoms with van der Waals surface area (Å²) >= 11 is 0. The van der Waals surface area contributed by atoms with Crippen LogP contribution in [0.3, 0.4) is 0 Å². The van der Waals surface area contributed by atoms with Gasteiger partial charge in [-0.15, -0.1) is 0 Å². The maximum absolute atomic E-state index is 14.0. The Labute approximate surface area is 151 Å². The lowest BCUT2D eigenvalue weighted by Crippen LogP contribution is -2.38. The van der Waals surface area contributed by atoms with Gasteiger partial charge in [0, 0.05) is 12.6 Å². The van der Waals surface area contributed by atoms with Crippen LogP contribution >= 0.6 is 0 Å². The molecule has 0 aliphatic heterocycles. The van der Waals surface area contributed by atoms with Gasteiger partial charge in [0.2, 0.25) is 0 Å². The number of benzene rings is 2. The van der Waals surface area contributed by atoms with Crippen LogP contribution in [0, 0.1) is 5.82 Å². The molecule has 26 heavy (non-hydrogen) atoms. The van der Waals surface area contributed by atoms with E-state index in [1.807, 2.05) is 44.2 Å². The summed E-state index contributed by atoms with van der Waals surface area (Å²) in [4.78, 5) is 13.2. The molecule has 0 fully saturated rings. The number of hydrogen-bond acceptors (Lipinski definition) is 3. The number of halogens is 1. The van der Waals surface area contributed by atoms with Crippen molar-refractivity contribution in [2.75, 3.05) is 13.6 Å². The van der Waals surface area contributed by atoms with Crippen molar-refractivity contribution in [3.05, 3.63) is 70.4 Å². The molecule has 1 heterocycles. The van der Waals surface area contributed by atoms with Crippen molar-refractivity contribution in [3.63, 3.8) is 0 Å². The van der Waals surface area contributed by atoms with Crippen molar-refractivity contribution in [3.8, 4) is 0 Å². The zero-order chi connectivity index (χ0) is 18.8. The van der Waals surface area contributed by atoms with Gasteiger partial charge in [-0.25, -0.2) is 9.18 Å². The van der Waals surface area contributed by atoms with Gasteiger partial charge in [0.1, 0.15) is 5.82 Å². The number of likely N-dealkylation sites (N-methyl/N-ethyl adjacent to an activating group) is 1. The number of fused-ring (bicyclic) bond motifs is 1. The Kier molecular flexibility index (Phi) is 5.25. The van der Waals surface area contributed by atoms with E-state index in [1.165, 1.54) is 16.7 Å². The third kappa shape index (κ3) is 3.18. The Hall–Kier alpha value is -2.44. The molecule has 0 unspecified atom stereocenters. The second-order valence-electron chi connectivity index (χ2n) is 6.73. The van der Waals surface area contributed by atoms with Crippen molar-refractivity contribution in [2.24, 2.45) is 0 Å². The first-order valence-corrected chi connectivity index (χ1v) is 8.75. The summed E-state index contributed by atoms with van der Waals surface area (Å²) in [6.07, 6.45) is -0.852. The fraction of sp³-hybridized carbons (Fsp3) is 0.350. The van der Waals surface area contributed by atoms with E-state index in [-0.39, 0.29) is 11.7 Å². The zero-order valence-electron chi connectivity index (χ0n) is 15.2. The largest absolute Gasteiger partial charge is 0.389 e. The van der Waals surface area contributed by atoms with Crippen LogP contribution in [-0.4, -0.2) is 33.9 Å². The molecule has 0 saturated carbocycles. The second-order valence-corrected chi connectivity index (χ2v) is 6.73. The van der Waals surface area contributed by atoms with E-state index in [0.29, 0.717) is 17.6 Å². The van der Waals surface area contributed by atoms with Crippen LogP contribution in [0.1, 0.15) is 31.5 Å². The molecule has 6 heteroatoms. The zero-order valence-corrected chi connectivity index (χ0v) is 15.2. The third-order valence-corrected chi connectivity index (χ3v) is 4.58. The highest BCUT2D eigenvalue weighted by Gasteiger charge is 2.28. The molecule has 2 N–H and O–H groups in total. The fourth-order valence-electron chi connectivity index (χ4n) is 3.50. The molecule has 0 saturated heterocycles. The molecule has 3 rings (SSSR count). The molecule has 138 valence electrons. The fourth-order valence-corrected chi connectivity index (χ4v) is 3.50. The van der Waals surface area contributed by atoms with Gasteiger partial charge in [0.15, 0.2) is 0 Å². The molecule has 3 aromatic rings. The summed E-state index contributed by atoms with van der Waals surface area (Å²) < 4.78 is 17.1. The summed E-state index contributed by atoms with van der Waals surface area (Å²) in [6.45, 7) is 4.13. The Bertz CT molecular complexity index is 947. The van der Waals surface area contributed by atoms with Crippen LogP contribution in [-0.2, 0) is 0 Å². The summed E-state index contributed by atoms with van der Waals surface area (Å²) in [6, 6.07) is 13.0. The molecule has 0 radical (unpaired) electrons. The van der Waals surface area contributed by atoms with Crippen molar-refractivity contribution < 1.29 is 9.50 Å². The van der Waals surface area contributed by atoms with Gasteiger partial charge in [-0.3, -0.25) is 9.13 Å². The minimum Gasteiger partial charge on any atom is -0.389 e. The minimum atomic E-state index is -0.852. The van der Waals surface area contributed by atoms with E-state index in [1.54, 1.807) is 17.7 Å². The number of nitrogens with one attached hydrogen (secondary N) is 1. The monoisotopic (exact) mass is 357 g/mol. The van der Waals surface area contributed by atoms with Crippen LogP contribution in [0.25, 0.3) is 11.0 Å². The van der Waals surface area contributed by atoms with Crippen molar-refractivity contribution >= 4 is 11.0 Å². The predicted octanol–water partition coefficient (Wildman–Crippen LogP) is 2.69. The van der Waals surface area contributed by atoms with E-state index in [4.69, 9.17) is 0 Å². The smallest absolute Gasteiger partial charge is 0.330 e. The van der Waals surface area contributed by atoms with E-state index >= 15 is 0 Å². The number of hydrogen-bond donors (Lipinski definition) is 2. The van der Waals surface area contributed by atoms with Crippen LogP contribution < -0.4 is 11.0 Å². The molecular weight excluding hydrogens is 333 g/mol. The van der Waals surface area contributed by atoms with Gasteiger partial charge in [-0.1, -0.05) is 30.3 Å². The van der Waals surface area contributed by atoms with Crippen LogP contribution in [0.2, 0.25) is 0 Å². The Morgan fingerprint density at radius 3 is 2.38 bits per heavy atom. The van der Waals surface area contributed by atoms with E-state index in [0.717, 1.165) is 5.56 Å². The molecule has 0 amide bonds. The number of aromatic nitrogens is 2. The molecule has 0 aliphatic carbocycles. The third-order valence-electron chi connectivity index (χ3n) is 4.58. The van der Waals surface area contributed by atoms with Crippen molar-refractivity contribution in [2.45, 2.75) is 32.0 Å². The van der Waals surface area contributed by atoms with Crippen LogP contribution in [0.4, 0.5) is 4.39 Å². The number of aliphatic hydroxyl groups is 1. The molecule has 0 bridgehead atoms. The number of aliphatic hydroxyl groups excluding tert-OH is 1. The van der Waals surface area contributed by atoms with Gasteiger partial charge in [0.05, 0.1) is 23.2 Å². The molecule has 0 spiro atoms. The Balaban J connectivity index is 2.34. The maximum atomic E-state index is 14.0. The summed E-state index contributed by atoms with van der Waals surface area (Å²) in [5.74, 6) is -0.415. The molecule has 5 nitrogen and oxygen atoms in total. The summed E-state index contributed by atoms with van der Waals surface area (Å²) in [5, 5.41) is 13.7. The average molecular weight is 357 g/mol. The first kappa shape index (κ1) is 18.4. The van der Waals surface area contributed by atoms with Crippen LogP contribution in [0.5, 0.6) is 0 Å². The lowest BCUT2D eigenvalue weighted by atomic mass is 10.0. The van der Waals surface area contributed by atoms with Gasteiger partial charge in [-0.2, -0.15) is 0 Å². The topological polar surface area (TPSA) is 59.2 Å². The normalized spacial score (nSPS) is 14.1. The van der Waals surface area contributed by atoms with Crippen LogP contribution in [0.15, 0.2) is 53.3 Å². The highest BCUT2D eigenvalue weighted by Crippen LogP contribution is 2.27. The lowest BCUT2D eigenvalue weighted by Gasteiger charge is -2.25. The summed E-state index contributed by atoms with van der Waals surface area (Å²) in [7, 11) is 1.74. The molecule has 2 aromatic carbocycles. The molecule has 1 aromatic heterocycles. The Morgan fingerprint density at radius 1 is 1.08 bits per heavy atom. The molecule has 0 aliphatic rings. The predicted molar refractivity (Wildman–Crippen MR) is 101 cm³/mol. The Morgan fingerprint density at radius 2 is 1.77 bits per heavy atom. The number of imidazole rings is 1. The van der Waals surface area contributed by atoms with Crippen molar-refractivity contribution in [1.82, 2.24) is 14.5 Å². The standard InChI is InChI=1S/C20H24FN3O2/c1-13(2)23-16-10-9-15(21)11-17(16)24(20(23)26)19(18(25)12-22-3)14-7-5-4-6-8-14/h4-11,13,18-19,22,25H,12H2,1-3H3/t18-,19+/m1/s1. The highest BCUT2D eigenvalue weighted by atomic mass is 19.1. The maximum Gasteiger partial charge on any atom is 0.330 e. The van der Waals surface area contributed by atoms with Gasteiger partial charge >= 0.3 is 5.69 Å². The first-order valence-electron chi connectivity index (χ1n) is 8.75. The minimum absolute atomic E-state index is 0.0884. The number of nitrogens with zero attached hydrogens (tertiary/aromatic N) is 2. The summed E-state index contributed by atoms with van der Waals surface area (Å²) in [5.41, 5.74) is 1.67. The second kappa shape index (κ2) is 7.43. The van der Waals surface area contributed by atoms with Gasteiger partial charge in [-0.05, 0) is 44.7 Å². The SMILES string of the molecule is CNC[C@@H](O)[C@H](c1ccccc1)n1c(=O)n(C(C)C)c2ccc(F)cc21. The van der Waals surface area contributed by atoms with Gasteiger partial charge < -0.3 is 10.4 Å². The molecular formula is C20H24FN3O2. The molecule has 2 atom stereocenters. The quantitative estimate of drug-likeness (QED) is 0.713. The van der Waals surface area contributed by atoms with E-state index in [9.17, 15) is 14.3 Å². The first-order chi connectivity index (χ1) is 12.5. The van der Waals surface area contributed by atoms with E-state index < -0.39 is 18.0 Å². The average Bonchev–Trinajstić information content (AvgIpc) is 2.88. The van der Waals surface area contributed by atoms with Gasteiger partial charge in [0.25, 0.3) is 0 Å². The van der Waals surface area contributed by atoms with E-state index in [2.05, 4.69) is 5.32 Å². The number of rotatable bonds is 6.